The Morgan fingerprint density at radius 3 is 2.48 bits per heavy atom. The van der Waals surface area contributed by atoms with Gasteiger partial charge < -0.3 is 4.90 Å². The summed E-state index contributed by atoms with van der Waals surface area (Å²) < 4.78 is 39.1. The lowest BCUT2D eigenvalue weighted by molar-refractivity contribution is -0.137. The van der Waals surface area contributed by atoms with E-state index in [1.807, 2.05) is 0 Å². The first kappa shape index (κ1) is 16.8. The number of halogens is 3. The Labute approximate surface area is 131 Å². The van der Waals surface area contributed by atoms with Gasteiger partial charge in [-0.2, -0.15) is 18.3 Å². The normalized spacial score (nSPS) is 11.9. The zero-order valence-corrected chi connectivity index (χ0v) is 12.7. The lowest BCUT2D eigenvalue weighted by atomic mass is 10.1. The van der Waals surface area contributed by atoms with Crippen molar-refractivity contribution in [3.63, 3.8) is 0 Å². The fraction of sp³-hybridized carbons (Fsp3) is 0.250. The molecular formula is C16H16F3N3O. The van der Waals surface area contributed by atoms with Crippen molar-refractivity contribution in [2.45, 2.75) is 12.7 Å². The van der Waals surface area contributed by atoms with E-state index < -0.39 is 11.7 Å². The summed E-state index contributed by atoms with van der Waals surface area (Å²) in [6.07, 6.45) is 2.08. The monoisotopic (exact) mass is 323 g/mol. The first-order valence-electron chi connectivity index (χ1n) is 6.83. The average Bonchev–Trinajstić information content (AvgIpc) is 2.90. The molecule has 122 valence electrons. The van der Waals surface area contributed by atoms with Gasteiger partial charge in [-0.25, -0.2) is 0 Å². The summed E-state index contributed by atoms with van der Waals surface area (Å²) in [6, 6.07) is 4.77. The molecule has 2 aromatic rings. The lowest BCUT2D eigenvalue weighted by Gasteiger charge is -2.15. The van der Waals surface area contributed by atoms with Crippen LogP contribution < -0.4 is 0 Å². The number of amides is 1. The third kappa shape index (κ3) is 4.70. The van der Waals surface area contributed by atoms with Gasteiger partial charge in [-0.3, -0.25) is 9.48 Å². The Balaban J connectivity index is 1.96. The van der Waals surface area contributed by atoms with Crippen LogP contribution in [-0.4, -0.2) is 27.6 Å². The van der Waals surface area contributed by atoms with Crippen LogP contribution in [0.2, 0.25) is 0 Å². The largest absolute Gasteiger partial charge is 0.416 e. The zero-order valence-electron chi connectivity index (χ0n) is 12.7. The fourth-order valence-electron chi connectivity index (χ4n) is 1.97. The summed E-state index contributed by atoms with van der Waals surface area (Å²) in [5, 5.41) is 3.98. The van der Waals surface area contributed by atoms with Crippen LogP contribution in [-0.2, 0) is 24.6 Å². The molecule has 1 aromatic carbocycles. The number of carbonyl (C=O) groups is 1. The Bertz CT molecular complexity index is 702. The molecule has 0 unspecified atom stereocenters. The first-order chi connectivity index (χ1) is 10.8. The number of nitrogens with zero attached hydrogens (tertiary/aromatic N) is 3. The number of hydrogen-bond donors (Lipinski definition) is 0. The molecule has 7 heteroatoms. The predicted molar refractivity (Wildman–Crippen MR) is 80.2 cm³/mol. The molecule has 0 spiro atoms. The number of alkyl halides is 3. The molecule has 0 N–H and O–H groups in total. The molecule has 0 aliphatic carbocycles. The molecule has 0 bridgehead atoms. The summed E-state index contributed by atoms with van der Waals surface area (Å²) in [4.78, 5) is 13.4. The number of aromatic nitrogens is 2. The molecular weight excluding hydrogens is 307 g/mol. The van der Waals surface area contributed by atoms with Gasteiger partial charge in [0.1, 0.15) is 0 Å². The quantitative estimate of drug-likeness (QED) is 0.811. The van der Waals surface area contributed by atoms with Crippen LogP contribution >= 0.6 is 0 Å². The highest BCUT2D eigenvalue weighted by Crippen LogP contribution is 2.29. The number of benzene rings is 1. The van der Waals surface area contributed by atoms with Gasteiger partial charge in [0.05, 0.1) is 11.8 Å². The van der Waals surface area contributed by atoms with Crippen molar-refractivity contribution in [2.75, 3.05) is 7.05 Å². The predicted octanol–water partition coefficient (Wildman–Crippen LogP) is 3.11. The van der Waals surface area contributed by atoms with Crippen LogP contribution in [0.25, 0.3) is 6.08 Å². The van der Waals surface area contributed by atoms with Crippen molar-refractivity contribution in [1.29, 1.82) is 0 Å². The molecule has 0 aliphatic rings. The van der Waals surface area contributed by atoms with Crippen LogP contribution in [0.5, 0.6) is 0 Å². The van der Waals surface area contributed by atoms with Crippen LogP contribution in [0.1, 0.15) is 16.7 Å². The van der Waals surface area contributed by atoms with Crippen molar-refractivity contribution in [3.8, 4) is 0 Å². The van der Waals surface area contributed by atoms with Crippen molar-refractivity contribution in [1.82, 2.24) is 14.7 Å². The maximum Gasteiger partial charge on any atom is 0.416 e. The topological polar surface area (TPSA) is 38.1 Å². The molecule has 0 atom stereocenters. The molecule has 0 saturated carbocycles. The third-order valence-corrected chi connectivity index (χ3v) is 3.22. The smallest absolute Gasteiger partial charge is 0.338 e. The van der Waals surface area contributed by atoms with Crippen molar-refractivity contribution >= 4 is 12.0 Å². The highest BCUT2D eigenvalue weighted by Gasteiger charge is 2.29. The van der Waals surface area contributed by atoms with E-state index in [1.165, 1.54) is 23.1 Å². The Morgan fingerprint density at radius 1 is 1.30 bits per heavy atom. The highest BCUT2D eigenvalue weighted by atomic mass is 19.4. The highest BCUT2D eigenvalue weighted by molar-refractivity contribution is 5.91. The van der Waals surface area contributed by atoms with Crippen molar-refractivity contribution < 1.29 is 18.0 Å². The van der Waals surface area contributed by atoms with E-state index in [2.05, 4.69) is 5.10 Å². The van der Waals surface area contributed by atoms with Gasteiger partial charge in [0.2, 0.25) is 5.91 Å². The number of carbonyl (C=O) groups excluding carboxylic acids is 1. The third-order valence-electron chi connectivity index (χ3n) is 3.22. The second-order valence-corrected chi connectivity index (χ2v) is 5.17. The number of likely N-dealkylation sites (N-methyl/N-ethyl adjacent to an activating group) is 1. The summed E-state index contributed by atoms with van der Waals surface area (Å²) in [5.74, 6) is -0.242. The number of aryl methyl sites for hydroxylation is 1. The molecule has 1 amide bonds. The van der Waals surface area contributed by atoms with Gasteiger partial charge in [0.25, 0.3) is 0 Å². The SMILES string of the molecule is CN(Cc1ccc(C(F)(F)F)cc1)C(=O)/C=C\c1cnn(C)c1. The minimum absolute atomic E-state index is 0.231. The van der Waals surface area contributed by atoms with E-state index in [0.29, 0.717) is 5.56 Å². The van der Waals surface area contributed by atoms with Crippen LogP contribution in [0.4, 0.5) is 13.2 Å². The van der Waals surface area contributed by atoms with Crippen LogP contribution in [0.15, 0.2) is 42.7 Å². The number of rotatable bonds is 4. The van der Waals surface area contributed by atoms with Gasteiger partial charge in [-0.15, -0.1) is 0 Å². The molecule has 0 aliphatic heterocycles. The van der Waals surface area contributed by atoms with Crippen molar-refractivity contribution in [3.05, 3.63) is 59.4 Å². The molecule has 1 aromatic heterocycles. The van der Waals surface area contributed by atoms with Gasteiger partial charge in [0.15, 0.2) is 0 Å². The van der Waals surface area contributed by atoms with Gasteiger partial charge in [-0.1, -0.05) is 12.1 Å². The van der Waals surface area contributed by atoms with E-state index in [-0.39, 0.29) is 12.5 Å². The van der Waals surface area contributed by atoms with Gasteiger partial charge in [-0.05, 0) is 23.8 Å². The van der Waals surface area contributed by atoms with Gasteiger partial charge in [0, 0.05) is 38.5 Å². The minimum Gasteiger partial charge on any atom is -0.338 e. The Hall–Kier alpha value is -2.57. The maximum atomic E-state index is 12.5. The second kappa shape index (κ2) is 6.68. The van der Waals surface area contributed by atoms with E-state index >= 15 is 0 Å². The Kier molecular flexibility index (Phi) is 4.88. The minimum atomic E-state index is -4.35. The molecule has 0 radical (unpaired) electrons. The average molecular weight is 323 g/mol. The molecule has 2 rings (SSSR count). The summed E-state index contributed by atoms with van der Waals surface area (Å²) >= 11 is 0. The van der Waals surface area contributed by atoms with E-state index in [0.717, 1.165) is 17.7 Å². The summed E-state index contributed by atoms with van der Waals surface area (Å²) in [6.45, 7) is 0.231. The number of hydrogen-bond acceptors (Lipinski definition) is 2. The summed E-state index contributed by atoms with van der Waals surface area (Å²) in [7, 11) is 3.36. The van der Waals surface area contributed by atoms with E-state index in [9.17, 15) is 18.0 Å². The molecule has 0 fully saturated rings. The van der Waals surface area contributed by atoms with E-state index in [4.69, 9.17) is 0 Å². The molecule has 4 nitrogen and oxygen atoms in total. The molecule has 1 heterocycles. The first-order valence-corrected chi connectivity index (χ1v) is 6.83. The fourth-order valence-corrected chi connectivity index (χ4v) is 1.97. The van der Waals surface area contributed by atoms with Crippen LogP contribution in [0, 0.1) is 0 Å². The maximum absolute atomic E-state index is 12.5. The Morgan fingerprint density at radius 2 is 1.96 bits per heavy atom. The van der Waals surface area contributed by atoms with Crippen molar-refractivity contribution in [2.24, 2.45) is 7.05 Å². The standard InChI is InChI=1S/C16H16F3N3O/c1-21(15(23)8-5-13-9-20-22(2)11-13)10-12-3-6-14(7-4-12)16(17,18)19/h3-9,11H,10H2,1-2H3/b8-5-. The lowest BCUT2D eigenvalue weighted by Crippen LogP contribution is -2.24. The van der Waals surface area contributed by atoms with E-state index in [1.54, 1.807) is 37.2 Å². The summed E-state index contributed by atoms with van der Waals surface area (Å²) in [5.41, 5.74) is 0.721. The molecule has 23 heavy (non-hydrogen) atoms. The van der Waals surface area contributed by atoms with Gasteiger partial charge >= 0.3 is 6.18 Å². The zero-order chi connectivity index (χ0) is 17.0. The second-order valence-electron chi connectivity index (χ2n) is 5.17. The molecule has 0 saturated heterocycles. The van der Waals surface area contributed by atoms with Crippen LogP contribution in [0.3, 0.4) is 0 Å².